The van der Waals surface area contributed by atoms with Crippen LogP contribution >= 0.6 is 11.3 Å². The summed E-state index contributed by atoms with van der Waals surface area (Å²) in [5.74, 6) is -1.66. The van der Waals surface area contributed by atoms with Gasteiger partial charge in [-0.1, -0.05) is 6.07 Å². The quantitative estimate of drug-likeness (QED) is 0.672. The van der Waals surface area contributed by atoms with Crippen LogP contribution < -0.4 is 0 Å². The van der Waals surface area contributed by atoms with Crippen molar-refractivity contribution in [1.82, 2.24) is 0 Å². The number of carboxylic acid groups (broad SMARTS) is 1. The summed E-state index contributed by atoms with van der Waals surface area (Å²) in [4.78, 5) is 10.5. The van der Waals surface area contributed by atoms with Crippen molar-refractivity contribution in [1.29, 1.82) is 0 Å². The topological polar surface area (TPSA) is 77.8 Å². The maximum atomic E-state index is 10.7. The summed E-state index contributed by atoms with van der Waals surface area (Å²) in [6.45, 7) is 0. The largest absolute Gasteiger partial charge is 0.507 e. The van der Waals surface area contributed by atoms with E-state index in [-0.39, 0.29) is 21.8 Å². The number of carboxylic acids is 1. The molecule has 0 radical (unpaired) electrons. The molecule has 0 spiro atoms. The van der Waals surface area contributed by atoms with Crippen molar-refractivity contribution in [3.8, 4) is 11.5 Å². The second kappa shape index (κ2) is 2.88. The van der Waals surface area contributed by atoms with Gasteiger partial charge in [-0.3, -0.25) is 0 Å². The van der Waals surface area contributed by atoms with Gasteiger partial charge in [-0.15, -0.1) is 11.3 Å². The molecule has 0 aliphatic carbocycles. The van der Waals surface area contributed by atoms with Gasteiger partial charge < -0.3 is 15.3 Å². The standard InChI is InChI=1S/C9H6O4S/c10-4-2-1-3-5-6(4)7(11)8(14-5)9(12)13/h1-3,10-11H,(H,12,13). The molecule has 0 aliphatic heterocycles. The van der Waals surface area contributed by atoms with Crippen LogP contribution in [0.4, 0.5) is 0 Å². The zero-order valence-corrected chi connectivity index (χ0v) is 7.71. The molecule has 0 saturated heterocycles. The third-order valence-corrected chi connectivity index (χ3v) is 2.99. The molecule has 0 amide bonds. The first-order chi connectivity index (χ1) is 6.61. The molecule has 0 fully saturated rings. The van der Waals surface area contributed by atoms with Crippen LogP contribution in [0.25, 0.3) is 10.1 Å². The molecular weight excluding hydrogens is 204 g/mol. The van der Waals surface area contributed by atoms with Crippen molar-refractivity contribution in [2.24, 2.45) is 0 Å². The summed E-state index contributed by atoms with van der Waals surface area (Å²) < 4.78 is 0.555. The Labute approximate surface area is 82.7 Å². The molecular formula is C9H6O4S. The Bertz CT molecular complexity index is 515. The van der Waals surface area contributed by atoms with Crippen LogP contribution in [0.1, 0.15) is 9.67 Å². The van der Waals surface area contributed by atoms with Crippen molar-refractivity contribution in [2.75, 3.05) is 0 Å². The third kappa shape index (κ3) is 1.10. The zero-order chi connectivity index (χ0) is 10.3. The summed E-state index contributed by atoms with van der Waals surface area (Å²) in [5, 5.41) is 27.8. The van der Waals surface area contributed by atoms with E-state index >= 15 is 0 Å². The molecule has 0 bridgehead atoms. The number of aromatic hydroxyl groups is 2. The molecule has 2 aromatic rings. The average molecular weight is 210 g/mol. The first-order valence-corrected chi connectivity index (χ1v) is 4.59. The molecule has 3 N–H and O–H groups in total. The Morgan fingerprint density at radius 1 is 1.29 bits per heavy atom. The molecule has 0 aliphatic rings. The van der Waals surface area contributed by atoms with Gasteiger partial charge in [0.1, 0.15) is 5.75 Å². The van der Waals surface area contributed by atoms with E-state index in [4.69, 9.17) is 5.11 Å². The number of thiophene rings is 1. The summed E-state index contributed by atoms with van der Waals surface area (Å²) in [6.07, 6.45) is 0. The fourth-order valence-electron chi connectivity index (χ4n) is 1.26. The SMILES string of the molecule is O=C(O)c1sc2cccc(O)c2c1O. The normalized spacial score (nSPS) is 10.6. The lowest BCUT2D eigenvalue weighted by Crippen LogP contribution is -1.90. The van der Waals surface area contributed by atoms with Gasteiger partial charge in [-0.2, -0.15) is 0 Å². The van der Waals surface area contributed by atoms with Crippen molar-refractivity contribution in [2.45, 2.75) is 0 Å². The van der Waals surface area contributed by atoms with Crippen LogP contribution in [-0.4, -0.2) is 21.3 Å². The van der Waals surface area contributed by atoms with Crippen LogP contribution in [0.2, 0.25) is 0 Å². The molecule has 0 unspecified atom stereocenters. The van der Waals surface area contributed by atoms with Gasteiger partial charge in [0.05, 0.1) is 5.39 Å². The number of carbonyl (C=O) groups is 1. The maximum absolute atomic E-state index is 10.7. The Kier molecular flexibility index (Phi) is 1.82. The van der Waals surface area contributed by atoms with Gasteiger partial charge in [0.2, 0.25) is 0 Å². The summed E-state index contributed by atoms with van der Waals surface area (Å²) in [5.41, 5.74) is 0. The van der Waals surface area contributed by atoms with Crippen molar-refractivity contribution in [3.63, 3.8) is 0 Å². The predicted octanol–water partition coefficient (Wildman–Crippen LogP) is 2.01. The first kappa shape index (κ1) is 8.83. The van der Waals surface area contributed by atoms with E-state index in [9.17, 15) is 15.0 Å². The van der Waals surface area contributed by atoms with Gasteiger partial charge in [-0.25, -0.2) is 4.79 Å². The van der Waals surface area contributed by atoms with Crippen LogP contribution in [-0.2, 0) is 0 Å². The number of hydrogen-bond acceptors (Lipinski definition) is 4. The van der Waals surface area contributed by atoms with Gasteiger partial charge in [0, 0.05) is 4.70 Å². The lowest BCUT2D eigenvalue weighted by atomic mass is 10.2. The van der Waals surface area contributed by atoms with Gasteiger partial charge in [0.25, 0.3) is 0 Å². The van der Waals surface area contributed by atoms with Gasteiger partial charge in [0.15, 0.2) is 10.6 Å². The Morgan fingerprint density at radius 2 is 2.00 bits per heavy atom. The molecule has 5 heteroatoms. The number of hydrogen-bond donors (Lipinski definition) is 3. The van der Waals surface area contributed by atoms with Crippen molar-refractivity contribution < 1.29 is 20.1 Å². The minimum Gasteiger partial charge on any atom is -0.507 e. The maximum Gasteiger partial charge on any atom is 0.349 e. The molecule has 4 nitrogen and oxygen atoms in total. The number of phenols is 1. The van der Waals surface area contributed by atoms with Crippen LogP contribution in [0.5, 0.6) is 11.5 Å². The Hall–Kier alpha value is -1.75. The highest BCUT2D eigenvalue weighted by molar-refractivity contribution is 7.21. The van der Waals surface area contributed by atoms with E-state index < -0.39 is 5.97 Å². The predicted molar refractivity (Wildman–Crippen MR) is 52.1 cm³/mol. The summed E-state index contributed by atoms with van der Waals surface area (Å²) in [7, 11) is 0. The summed E-state index contributed by atoms with van der Waals surface area (Å²) >= 11 is 0.937. The van der Waals surface area contributed by atoms with E-state index in [2.05, 4.69) is 0 Å². The monoisotopic (exact) mass is 210 g/mol. The lowest BCUT2D eigenvalue weighted by Gasteiger charge is -1.94. The molecule has 1 aromatic heterocycles. The second-order valence-corrected chi connectivity index (χ2v) is 3.79. The highest BCUT2D eigenvalue weighted by Crippen LogP contribution is 2.41. The second-order valence-electron chi connectivity index (χ2n) is 2.74. The number of aromatic carboxylic acids is 1. The Morgan fingerprint density at radius 3 is 2.57 bits per heavy atom. The number of benzene rings is 1. The molecule has 0 atom stereocenters. The van der Waals surface area contributed by atoms with Crippen LogP contribution in [0.3, 0.4) is 0 Å². The minimum atomic E-state index is -1.19. The third-order valence-electron chi connectivity index (χ3n) is 1.86. The molecule has 0 saturated carbocycles. The minimum absolute atomic E-state index is 0.108. The fourth-order valence-corrected chi connectivity index (χ4v) is 2.22. The average Bonchev–Trinajstić information content (AvgIpc) is 2.45. The highest BCUT2D eigenvalue weighted by Gasteiger charge is 2.18. The van der Waals surface area contributed by atoms with Crippen molar-refractivity contribution >= 4 is 27.4 Å². The Balaban J connectivity index is 2.87. The molecule has 14 heavy (non-hydrogen) atoms. The molecule has 72 valence electrons. The van der Waals surface area contributed by atoms with E-state index in [1.807, 2.05) is 0 Å². The van der Waals surface area contributed by atoms with E-state index in [0.29, 0.717) is 4.70 Å². The van der Waals surface area contributed by atoms with Crippen LogP contribution in [0, 0.1) is 0 Å². The summed E-state index contributed by atoms with van der Waals surface area (Å²) in [6, 6.07) is 4.64. The van der Waals surface area contributed by atoms with E-state index in [1.54, 1.807) is 12.1 Å². The lowest BCUT2D eigenvalue weighted by molar-refractivity contribution is 0.0699. The molecule has 1 heterocycles. The number of rotatable bonds is 1. The van der Waals surface area contributed by atoms with Crippen LogP contribution in [0.15, 0.2) is 18.2 Å². The van der Waals surface area contributed by atoms with Crippen molar-refractivity contribution in [3.05, 3.63) is 23.1 Å². The van der Waals surface area contributed by atoms with E-state index in [0.717, 1.165) is 11.3 Å². The fraction of sp³-hybridized carbons (Fsp3) is 0. The number of fused-ring (bicyclic) bond motifs is 1. The van der Waals surface area contributed by atoms with Gasteiger partial charge in [-0.05, 0) is 12.1 Å². The molecule has 1 aromatic carbocycles. The molecule has 2 rings (SSSR count). The highest BCUT2D eigenvalue weighted by atomic mass is 32.1. The zero-order valence-electron chi connectivity index (χ0n) is 6.89. The number of phenolic OH excluding ortho intramolecular Hbond substituents is 1. The first-order valence-electron chi connectivity index (χ1n) is 3.78. The van der Waals surface area contributed by atoms with E-state index in [1.165, 1.54) is 6.07 Å². The smallest absolute Gasteiger partial charge is 0.349 e. The van der Waals surface area contributed by atoms with Gasteiger partial charge >= 0.3 is 5.97 Å².